The normalized spacial score (nSPS) is 18.1. The second kappa shape index (κ2) is 9.61. The second-order valence-electron chi connectivity index (χ2n) is 6.64. The van der Waals surface area contributed by atoms with Gasteiger partial charge in [-0.15, -0.1) is 0 Å². The molecule has 152 valence electrons. The maximum atomic E-state index is 12.9. The van der Waals surface area contributed by atoms with Crippen LogP contribution >= 0.6 is 11.6 Å². The van der Waals surface area contributed by atoms with Crippen LogP contribution in [0.5, 0.6) is 5.75 Å². The number of benzene rings is 1. The molecule has 2 rings (SSSR count). The fourth-order valence-electron chi connectivity index (χ4n) is 3.26. The van der Waals surface area contributed by atoms with Gasteiger partial charge in [0.25, 0.3) is 5.91 Å². The highest BCUT2D eigenvalue weighted by Gasteiger charge is 2.26. The average molecular weight is 418 g/mol. The van der Waals surface area contributed by atoms with Crippen LogP contribution in [-0.2, 0) is 10.0 Å². The number of rotatable bonds is 9. The number of halogens is 1. The molecule has 1 aliphatic rings. The number of sulfonamides is 1. The van der Waals surface area contributed by atoms with Crippen LogP contribution in [0, 0.1) is 0 Å². The predicted molar refractivity (Wildman–Crippen MR) is 108 cm³/mol. The zero-order valence-corrected chi connectivity index (χ0v) is 17.5. The van der Waals surface area contributed by atoms with Crippen molar-refractivity contribution in [1.29, 1.82) is 0 Å². The third kappa shape index (κ3) is 5.73. The van der Waals surface area contributed by atoms with Gasteiger partial charge >= 0.3 is 0 Å². The van der Waals surface area contributed by atoms with E-state index in [1.807, 2.05) is 6.92 Å². The van der Waals surface area contributed by atoms with Gasteiger partial charge < -0.3 is 15.4 Å². The molecule has 1 aromatic rings. The van der Waals surface area contributed by atoms with Gasteiger partial charge in [-0.1, -0.05) is 25.4 Å². The van der Waals surface area contributed by atoms with Gasteiger partial charge in [-0.05, 0) is 38.3 Å². The molecule has 1 aromatic carbocycles. The van der Waals surface area contributed by atoms with E-state index in [0.717, 1.165) is 25.8 Å². The fourth-order valence-corrected chi connectivity index (χ4v) is 4.66. The van der Waals surface area contributed by atoms with Crippen LogP contribution in [0.15, 0.2) is 12.1 Å². The summed E-state index contributed by atoms with van der Waals surface area (Å²) in [4.78, 5) is 12.9. The van der Waals surface area contributed by atoms with Crippen molar-refractivity contribution in [3.63, 3.8) is 0 Å². The molecule has 9 heteroatoms. The lowest BCUT2D eigenvalue weighted by Gasteiger charge is -2.24. The summed E-state index contributed by atoms with van der Waals surface area (Å²) in [7, 11) is -2.08. The van der Waals surface area contributed by atoms with Crippen LogP contribution in [0.1, 0.15) is 49.9 Å². The quantitative estimate of drug-likeness (QED) is 0.574. The third-order valence-electron chi connectivity index (χ3n) is 4.61. The van der Waals surface area contributed by atoms with E-state index >= 15 is 0 Å². The van der Waals surface area contributed by atoms with Crippen molar-refractivity contribution in [2.75, 3.05) is 24.1 Å². The summed E-state index contributed by atoms with van der Waals surface area (Å²) < 4.78 is 31.9. The number of methoxy groups -OCH3 is 1. The van der Waals surface area contributed by atoms with Crippen molar-refractivity contribution in [2.24, 2.45) is 0 Å². The molecular weight excluding hydrogens is 390 g/mol. The summed E-state index contributed by atoms with van der Waals surface area (Å²) in [5.41, 5.74) is 0.413. The van der Waals surface area contributed by atoms with E-state index in [1.54, 1.807) is 6.92 Å². The Morgan fingerprint density at radius 3 is 2.70 bits per heavy atom. The van der Waals surface area contributed by atoms with E-state index in [0.29, 0.717) is 12.2 Å². The highest BCUT2D eigenvalue weighted by molar-refractivity contribution is 7.92. The van der Waals surface area contributed by atoms with Crippen molar-refractivity contribution in [3.8, 4) is 5.75 Å². The minimum absolute atomic E-state index is 0.0133. The Kier molecular flexibility index (Phi) is 7.76. The Hall–Kier alpha value is -1.51. The minimum atomic E-state index is -3.53. The Bertz CT molecular complexity index is 764. The van der Waals surface area contributed by atoms with Gasteiger partial charge in [-0.25, -0.2) is 8.42 Å². The summed E-state index contributed by atoms with van der Waals surface area (Å²) in [6.45, 7) is 4.74. The number of carbonyl (C=O) groups excluding carboxylic acids is 1. The Morgan fingerprint density at radius 2 is 2.15 bits per heavy atom. The standard InChI is InChI=1S/C18H28ClN3O4S/c1-4-9-27(24,25)22-16-10-12(17(26-3)11-13(16)19)18(23)21-14(5-2)15-7-6-8-20-15/h10-11,14-15,20,22H,4-9H2,1-3H3,(H,21,23). The molecule has 0 aliphatic carbocycles. The van der Waals surface area contributed by atoms with Crippen molar-refractivity contribution in [2.45, 2.75) is 51.6 Å². The maximum Gasteiger partial charge on any atom is 0.255 e. The van der Waals surface area contributed by atoms with E-state index in [4.69, 9.17) is 16.3 Å². The van der Waals surface area contributed by atoms with Crippen LogP contribution in [-0.4, -0.2) is 45.8 Å². The summed E-state index contributed by atoms with van der Waals surface area (Å²) in [5.74, 6) is -0.0486. The topological polar surface area (TPSA) is 96.5 Å². The first-order chi connectivity index (χ1) is 12.8. The summed E-state index contributed by atoms with van der Waals surface area (Å²) in [5, 5.41) is 6.61. The van der Waals surface area contributed by atoms with Gasteiger partial charge in [0.05, 0.1) is 29.1 Å². The highest BCUT2D eigenvalue weighted by Crippen LogP contribution is 2.32. The zero-order valence-electron chi connectivity index (χ0n) is 16.0. The fraction of sp³-hybridized carbons (Fsp3) is 0.611. The molecule has 27 heavy (non-hydrogen) atoms. The number of hydrogen-bond acceptors (Lipinski definition) is 5. The van der Waals surface area contributed by atoms with Gasteiger partial charge in [0, 0.05) is 18.2 Å². The molecular formula is C18H28ClN3O4S. The zero-order chi connectivity index (χ0) is 20.0. The number of nitrogens with one attached hydrogen (secondary N) is 3. The molecule has 7 nitrogen and oxygen atoms in total. The van der Waals surface area contributed by atoms with Crippen molar-refractivity contribution >= 4 is 33.2 Å². The Morgan fingerprint density at radius 1 is 1.41 bits per heavy atom. The predicted octanol–water partition coefficient (Wildman–Crippen LogP) is 2.76. The lowest BCUT2D eigenvalue weighted by molar-refractivity contribution is 0.0924. The smallest absolute Gasteiger partial charge is 0.255 e. The number of amides is 1. The average Bonchev–Trinajstić information content (AvgIpc) is 3.15. The molecule has 0 saturated carbocycles. The van der Waals surface area contributed by atoms with Crippen molar-refractivity contribution < 1.29 is 17.9 Å². The largest absolute Gasteiger partial charge is 0.496 e. The molecule has 0 bridgehead atoms. The van der Waals surface area contributed by atoms with Crippen molar-refractivity contribution in [1.82, 2.24) is 10.6 Å². The lowest BCUT2D eigenvalue weighted by Crippen LogP contribution is -2.47. The van der Waals surface area contributed by atoms with Gasteiger partial charge in [-0.3, -0.25) is 9.52 Å². The van der Waals surface area contributed by atoms with Gasteiger partial charge in [0.1, 0.15) is 5.75 Å². The Balaban J connectivity index is 2.27. The molecule has 1 aliphatic heterocycles. The van der Waals surface area contributed by atoms with Gasteiger partial charge in [0.15, 0.2) is 0 Å². The van der Waals surface area contributed by atoms with E-state index < -0.39 is 10.0 Å². The monoisotopic (exact) mass is 417 g/mol. The molecule has 1 saturated heterocycles. The summed E-state index contributed by atoms with van der Waals surface area (Å²) in [6, 6.07) is 3.11. The van der Waals surface area contributed by atoms with Crippen LogP contribution in [0.2, 0.25) is 5.02 Å². The SMILES string of the molecule is CCCS(=O)(=O)Nc1cc(C(=O)NC(CC)C2CCCN2)c(OC)cc1Cl. The molecule has 1 fully saturated rings. The number of anilines is 1. The van der Waals surface area contributed by atoms with Gasteiger partial charge in [0.2, 0.25) is 10.0 Å². The lowest BCUT2D eigenvalue weighted by atomic mass is 10.0. The van der Waals surface area contributed by atoms with Crippen LogP contribution in [0.4, 0.5) is 5.69 Å². The van der Waals surface area contributed by atoms with Crippen molar-refractivity contribution in [3.05, 3.63) is 22.7 Å². The number of hydrogen-bond donors (Lipinski definition) is 3. The first-order valence-corrected chi connectivity index (χ1v) is 11.3. The number of carbonyl (C=O) groups is 1. The molecule has 0 aromatic heterocycles. The van der Waals surface area contributed by atoms with E-state index in [1.165, 1.54) is 19.2 Å². The molecule has 0 radical (unpaired) electrons. The summed E-state index contributed by atoms with van der Waals surface area (Å²) >= 11 is 6.18. The van der Waals surface area contributed by atoms with E-state index in [2.05, 4.69) is 15.4 Å². The highest BCUT2D eigenvalue weighted by atomic mass is 35.5. The van der Waals surface area contributed by atoms with E-state index in [-0.39, 0.29) is 40.0 Å². The number of ether oxygens (including phenoxy) is 1. The molecule has 0 spiro atoms. The molecule has 2 unspecified atom stereocenters. The van der Waals surface area contributed by atoms with E-state index in [9.17, 15) is 13.2 Å². The second-order valence-corrected chi connectivity index (χ2v) is 8.89. The molecule has 2 atom stereocenters. The van der Waals surface area contributed by atoms with Gasteiger partial charge in [-0.2, -0.15) is 0 Å². The molecule has 1 amide bonds. The van der Waals surface area contributed by atoms with Crippen LogP contribution in [0.3, 0.4) is 0 Å². The maximum absolute atomic E-state index is 12.9. The molecule has 3 N–H and O–H groups in total. The van der Waals surface area contributed by atoms with Crippen LogP contribution in [0.25, 0.3) is 0 Å². The summed E-state index contributed by atoms with van der Waals surface area (Å²) in [6.07, 6.45) is 3.36. The first kappa shape index (κ1) is 21.8. The Labute approximate surface area is 166 Å². The first-order valence-electron chi connectivity index (χ1n) is 9.23. The minimum Gasteiger partial charge on any atom is -0.496 e. The molecule has 1 heterocycles. The third-order valence-corrected chi connectivity index (χ3v) is 6.40. The van der Waals surface area contributed by atoms with Crippen LogP contribution < -0.4 is 20.1 Å².